The number of carbonyl (C=O) groups excluding carboxylic acids is 2. The summed E-state index contributed by atoms with van der Waals surface area (Å²) in [4.78, 5) is 25.7. The van der Waals surface area contributed by atoms with Crippen molar-refractivity contribution in [1.29, 1.82) is 0 Å². The van der Waals surface area contributed by atoms with Crippen LogP contribution in [0.2, 0.25) is 0 Å². The third kappa shape index (κ3) is 5.44. The van der Waals surface area contributed by atoms with Crippen LogP contribution in [0.15, 0.2) is 18.2 Å². The van der Waals surface area contributed by atoms with E-state index in [0.29, 0.717) is 6.54 Å². The van der Waals surface area contributed by atoms with Crippen LogP contribution in [-0.4, -0.2) is 55.7 Å². The average molecular weight is 318 g/mol. The summed E-state index contributed by atoms with van der Waals surface area (Å²) in [5.41, 5.74) is 2.27. The quantitative estimate of drug-likeness (QED) is 0.651. The monoisotopic (exact) mass is 318 g/mol. The first-order chi connectivity index (χ1) is 11.3. The molecule has 126 valence electrons. The molecule has 0 aliphatic carbocycles. The highest BCUT2D eigenvalue weighted by atomic mass is 16.5. The highest BCUT2D eigenvalue weighted by molar-refractivity contribution is 5.56. The molecule has 2 rings (SSSR count). The first-order valence-corrected chi connectivity index (χ1v) is 8.24. The summed E-state index contributed by atoms with van der Waals surface area (Å²) in [6.07, 6.45) is 5.51. The van der Waals surface area contributed by atoms with Crippen molar-refractivity contribution < 1.29 is 14.3 Å². The number of methoxy groups -OCH3 is 1. The van der Waals surface area contributed by atoms with E-state index in [2.05, 4.69) is 11.0 Å². The van der Waals surface area contributed by atoms with E-state index in [1.807, 2.05) is 17.0 Å². The molecule has 1 aliphatic rings. The fraction of sp³-hybridized carbons (Fsp3) is 0.556. The van der Waals surface area contributed by atoms with Crippen molar-refractivity contribution >= 4 is 12.6 Å². The van der Waals surface area contributed by atoms with Gasteiger partial charge in [0.1, 0.15) is 18.3 Å². The lowest BCUT2D eigenvalue weighted by molar-refractivity contribution is -0.111. The minimum absolute atomic E-state index is 0.270. The van der Waals surface area contributed by atoms with E-state index in [0.717, 1.165) is 43.5 Å². The molecule has 1 aromatic rings. The van der Waals surface area contributed by atoms with Crippen LogP contribution in [0.3, 0.4) is 0 Å². The van der Waals surface area contributed by atoms with Gasteiger partial charge in [0.05, 0.1) is 20.2 Å². The fourth-order valence-corrected chi connectivity index (χ4v) is 3.08. The van der Waals surface area contributed by atoms with Crippen LogP contribution in [0.1, 0.15) is 30.4 Å². The van der Waals surface area contributed by atoms with Crippen molar-refractivity contribution in [3.05, 3.63) is 29.3 Å². The molecule has 0 amide bonds. The van der Waals surface area contributed by atoms with E-state index < -0.39 is 0 Å². The van der Waals surface area contributed by atoms with Crippen LogP contribution < -0.4 is 4.74 Å². The van der Waals surface area contributed by atoms with Crippen LogP contribution in [0.25, 0.3) is 0 Å². The Kier molecular flexibility index (Phi) is 7.23. The van der Waals surface area contributed by atoms with Crippen LogP contribution in [0, 0.1) is 0 Å². The molecule has 0 spiro atoms. The van der Waals surface area contributed by atoms with E-state index in [-0.39, 0.29) is 13.1 Å². The summed E-state index contributed by atoms with van der Waals surface area (Å²) in [5, 5.41) is 0. The molecule has 0 atom stereocenters. The number of hydrogen-bond donors (Lipinski definition) is 0. The number of aldehydes is 2. The molecule has 0 radical (unpaired) electrons. The Morgan fingerprint density at radius 2 is 1.83 bits per heavy atom. The second-order valence-electron chi connectivity index (χ2n) is 6.01. The number of nitrogens with zero attached hydrogens (tertiary/aromatic N) is 2. The first kappa shape index (κ1) is 17.6. The van der Waals surface area contributed by atoms with Crippen molar-refractivity contribution in [2.45, 2.75) is 32.4 Å². The lowest BCUT2D eigenvalue weighted by Gasteiger charge is -2.27. The second-order valence-corrected chi connectivity index (χ2v) is 6.01. The fourth-order valence-electron chi connectivity index (χ4n) is 3.08. The summed E-state index contributed by atoms with van der Waals surface area (Å²) >= 11 is 0. The van der Waals surface area contributed by atoms with Gasteiger partial charge in [-0.1, -0.05) is 12.5 Å². The molecular weight excluding hydrogens is 292 g/mol. The maximum absolute atomic E-state index is 10.7. The predicted octanol–water partition coefficient (Wildman–Crippen LogP) is 1.88. The lowest BCUT2D eigenvalue weighted by atomic mass is 10.1. The average Bonchev–Trinajstić information content (AvgIpc) is 2.57. The summed E-state index contributed by atoms with van der Waals surface area (Å²) in [6.45, 7) is 4.29. The molecule has 0 saturated carbocycles. The lowest BCUT2D eigenvalue weighted by Crippen LogP contribution is -2.29. The van der Waals surface area contributed by atoms with E-state index in [4.69, 9.17) is 4.74 Å². The van der Waals surface area contributed by atoms with Gasteiger partial charge in [-0.3, -0.25) is 9.80 Å². The Bertz CT molecular complexity index is 503. The van der Waals surface area contributed by atoms with Gasteiger partial charge in [0.25, 0.3) is 0 Å². The zero-order chi connectivity index (χ0) is 16.5. The standard InChI is InChI=1S/C18H26N2O3/c1-23-18-6-5-16(14-20(9-11-21)10-12-22)13-17(18)15-19-7-3-2-4-8-19/h5-6,11-13H,2-4,7-10,14-15H2,1H3. The molecule has 0 bridgehead atoms. The third-order valence-corrected chi connectivity index (χ3v) is 4.26. The molecule has 1 aliphatic heterocycles. The molecule has 1 aromatic carbocycles. The van der Waals surface area contributed by atoms with E-state index in [1.165, 1.54) is 24.8 Å². The van der Waals surface area contributed by atoms with Gasteiger partial charge in [0, 0.05) is 18.7 Å². The van der Waals surface area contributed by atoms with E-state index in [1.54, 1.807) is 7.11 Å². The van der Waals surface area contributed by atoms with Crippen LogP contribution >= 0.6 is 0 Å². The molecule has 0 aromatic heterocycles. The van der Waals surface area contributed by atoms with E-state index in [9.17, 15) is 9.59 Å². The van der Waals surface area contributed by atoms with Gasteiger partial charge in [0.2, 0.25) is 0 Å². The molecule has 1 saturated heterocycles. The number of likely N-dealkylation sites (tertiary alicyclic amines) is 1. The van der Waals surface area contributed by atoms with Gasteiger partial charge >= 0.3 is 0 Å². The SMILES string of the molecule is COc1ccc(CN(CC=O)CC=O)cc1CN1CCCCC1. The smallest absolute Gasteiger partial charge is 0.134 e. The van der Waals surface area contributed by atoms with Gasteiger partial charge < -0.3 is 14.3 Å². The van der Waals surface area contributed by atoms with E-state index >= 15 is 0 Å². The molecule has 0 N–H and O–H groups in total. The summed E-state index contributed by atoms with van der Waals surface area (Å²) < 4.78 is 5.49. The topological polar surface area (TPSA) is 49.9 Å². The summed E-state index contributed by atoms with van der Waals surface area (Å²) in [7, 11) is 1.69. The van der Waals surface area contributed by atoms with Crippen molar-refractivity contribution in [1.82, 2.24) is 9.80 Å². The van der Waals surface area contributed by atoms with Crippen LogP contribution in [0.4, 0.5) is 0 Å². The van der Waals surface area contributed by atoms with Crippen LogP contribution in [-0.2, 0) is 22.7 Å². The Hall–Kier alpha value is -1.72. The zero-order valence-corrected chi connectivity index (χ0v) is 13.9. The predicted molar refractivity (Wildman–Crippen MR) is 89.5 cm³/mol. The Balaban J connectivity index is 2.09. The van der Waals surface area contributed by atoms with Gasteiger partial charge in [-0.05, 0) is 43.6 Å². The van der Waals surface area contributed by atoms with Crippen molar-refractivity contribution in [2.24, 2.45) is 0 Å². The van der Waals surface area contributed by atoms with Crippen molar-refractivity contribution in [3.63, 3.8) is 0 Å². The number of carbonyl (C=O) groups is 2. The number of benzene rings is 1. The zero-order valence-electron chi connectivity index (χ0n) is 13.9. The highest BCUT2D eigenvalue weighted by Crippen LogP contribution is 2.24. The summed E-state index contributed by atoms with van der Waals surface area (Å²) in [6, 6.07) is 6.12. The molecule has 1 heterocycles. The number of piperidine rings is 1. The molecule has 0 unspecified atom stereocenters. The largest absolute Gasteiger partial charge is 0.496 e. The second kappa shape index (κ2) is 9.43. The van der Waals surface area contributed by atoms with Gasteiger partial charge in [-0.2, -0.15) is 0 Å². The molecule has 5 heteroatoms. The van der Waals surface area contributed by atoms with Gasteiger partial charge in [0.15, 0.2) is 0 Å². The van der Waals surface area contributed by atoms with Crippen molar-refractivity contribution in [3.8, 4) is 5.75 Å². The number of ether oxygens (including phenoxy) is 1. The highest BCUT2D eigenvalue weighted by Gasteiger charge is 2.14. The molecule has 5 nitrogen and oxygen atoms in total. The Labute approximate surface area is 138 Å². The third-order valence-electron chi connectivity index (χ3n) is 4.26. The Morgan fingerprint density at radius 3 is 2.43 bits per heavy atom. The summed E-state index contributed by atoms with van der Waals surface area (Å²) in [5.74, 6) is 0.900. The Morgan fingerprint density at radius 1 is 1.13 bits per heavy atom. The van der Waals surface area contributed by atoms with Crippen LogP contribution in [0.5, 0.6) is 5.75 Å². The molecule has 1 fully saturated rings. The number of rotatable bonds is 9. The maximum Gasteiger partial charge on any atom is 0.134 e. The number of hydrogen-bond acceptors (Lipinski definition) is 5. The molecular formula is C18H26N2O3. The maximum atomic E-state index is 10.7. The minimum atomic E-state index is 0.270. The minimum Gasteiger partial charge on any atom is -0.496 e. The van der Waals surface area contributed by atoms with Gasteiger partial charge in [-0.25, -0.2) is 0 Å². The van der Waals surface area contributed by atoms with Crippen molar-refractivity contribution in [2.75, 3.05) is 33.3 Å². The molecule has 23 heavy (non-hydrogen) atoms. The normalized spacial score (nSPS) is 15.6. The first-order valence-electron chi connectivity index (χ1n) is 8.24. The van der Waals surface area contributed by atoms with Gasteiger partial charge in [-0.15, -0.1) is 0 Å².